The van der Waals surface area contributed by atoms with Crippen molar-refractivity contribution in [3.8, 4) is 11.6 Å². The second-order valence-electron chi connectivity index (χ2n) is 6.75. The first kappa shape index (κ1) is 22.8. The van der Waals surface area contributed by atoms with Gasteiger partial charge in [-0.05, 0) is 30.3 Å². The Morgan fingerprint density at radius 1 is 1.06 bits per heavy atom. The number of aromatic amines is 1. The number of ether oxygens (including phenoxy) is 1. The van der Waals surface area contributed by atoms with E-state index in [4.69, 9.17) is 0 Å². The highest BCUT2D eigenvalue weighted by molar-refractivity contribution is 6.06. The summed E-state index contributed by atoms with van der Waals surface area (Å²) in [6.07, 6.45) is -7.23. The minimum absolute atomic E-state index is 0.00910. The number of hydrogen-bond acceptors (Lipinski definition) is 5. The van der Waals surface area contributed by atoms with Crippen LogP contribution in [0.1, 0.15) is 16.1 Å². The van der Waals surface area contributed by atoms with E-state index in [1.807, 2.05) is 0 Å². The molecule has 0 aliphatic rings. The van der Waals surface area contributed by atoms with E-state index in [2.05, 4.69) is 25.1 Å². The van der Waals surface area contributed by atoms with Gasteiger partial charge in [0.25, 0.3) is 11.5 Å². The number of anilines is 1. The molecule has 14 heteroatoms. The Bertz CT molecular complexity index is 1440. The fraction of sp³-hybridized carbons (Fsp3) is 0.100. The van der Waals surface area contributed by atoms with Crippen LogP contribution in [0.15, 0.2) is 59.8 Å². The first-order chi connectivity index (χ1) is 15.9. The number of nitrogens with zero attached hydrogens (tertiary/aromatic N) is 3. The van der Waals surface area contributed by atoms with Crippen LogP contribution >= 0.6 is 0 Å². The number of fused-ring (bicyclic) bond motifs is 1. The Morgan fingerprint density at radius 3 is 2.53 bits per heavy atom. The zero-order valence-corrected chi connectivity index (χ0v) is 16.5. The Labute approximate surface area is 184 Å². The molecule has 0 saturated heterocycles. The molecule has 0 aliphatic carbocycles. The van der Waals surface area contributed by atoms with E-state index in [-0.39, 0.29) is 22.1 Å². The molecule has 1 aromatic carbocycles. The van der Waals surface area contributed by atoms with Gasteiger partial charge >= 0.3 is 12.5 Å². The lowest BCUT2D eigenvalue weighted by Crippen LogP contribution is -2.22. The zero-order chi connectivity index (χ0) is 24.7. The van der Waals surface area contributed by atoms with Crippen molar-refractivity contribution >= 4 is 22.4 Å². The molecule has 34 heavy (non-hydrogen) atoms. The smallest absolute Gasteiger partial charge is 0.387 e. The number of carbonyl (C=O) groups excluding carboxylic acids is 1. The van der Waals surface area contributed by atoms with Crippen LogP contribution in [0, 0.1) is 0 Å². The fourth-order valence-corrected chi connectivity index (χ4v) is 3.12. The number of H-pyrrole nitrogens is 1. The maximum absolute atomic E-state index is 13.2. The highest BCUT2D eigenvalue weighted by Crippen LogP contribution is 2.32. The lowest BCUT2D eigenvalue weighted by molar-refractivity contribution is -0.276. The van der Waals surface area contributed by atoms with Gasteiger partial charge in [-0.2, -0.15) is 23.0 Å². The Kier molecular flexibility index (Phi) is 5.51. The van der Waals surface area contributed by atoms with Gasteiger partial charge in [0.2, 0.25) is 5.88 Å². The van der Waals surface area contributed by atoms with Crippen LogP contribution < -0.4 is 15.6 Å². The average Bonchev–Trinajstić information content (AvgIpc) is 3.15. The molecule has 0 unspecified atom stereocenters. The molecule has 3 aromatic heterocycles. The van der Waals surface area contributed by atoms with Crippen LogP contribution in [-0.2, 0) is 6.18 Å². The van der Waals surface area contributed by atoms with E-state index in [1.165, 1.54) is 30.5 Å². The molecular weight excluding hydrogens is 472 g/mol. The van der Waals surface area contributed by atoms with Crippen molar-refractivity contribution < 1.29 is 35.9 Å². The molecule has 1 amide bonds. The SMILES string of the molecule is O=C(Nc1ccnc(C(F)(F)F)c1)c1cnn(-c2cccc3c(=O)[nH]ccc23)c1OC(F)(F)F. The summed E-state index contributed by atoms with van der Waals surface area (Å²) in [5.41, 5.74) is -2.92. The van der Waals surface area contributed by atoms with Gasteiger partial charge in [-0.1, -0.05) is 6.07 Å². The van der Waals surface area contributed by atoms with Gasteiger partial charge in [0.15, 0.2) is 0 Å². The number of halogens is 6. The molecule has 0 bridgehead atoms. The van der Waals surface area contributed by atoms with E-state index in [1.54, 1.807) is 0 Å². The summed E-state index contributed by atoms with van der Waals surface area (Å²) < 4.78 is 82.8. The van der Waals surface area contributed by atoms with Crippen molar-refractivity contribution in [1.29, 1.82) is 0 Å². The maximum atomic E-state index is 13.2. The highest BCUT2D eigenvalue weighted by Gasteiger charge is 2.36. The first-order valence-electron chi connectivity index (χ1n) is 9.23. The summed E-state index contributed by atoms with van der Waals surface area (Å²) in [6.45, 7) is 0. The summed E-state index contributed by atoms with van der Waals surface area (Å²) in [5.74, 6) is -2.27. The molecule has 0 radical (unpaired) electrons. The van der Waals surface area contributed by atoms with E-state index in [0.29, 0.717) is 10.7 Å². The Hall–Kier alpha value is -4.36. The van der Waals surface area contributed by atoms with Crippen molar-refractivity contribution in [1.82, 2.24) is 19.7 Å². The molecule has 0 atom stereocenters. The number of pyridine rings is 2. The third-order valence-corrected chi connectivity index (χ3v) is 4.51. The van der Waals surface area contributed by atoms with Crippen molar-refractivity contribution in [2.45, 2.75) is 12.5 Å². The number of carbonyl (C=O) groups is 1. The Morgan fingerprint density at radius 2 is 1.82 bits per heavy atom. The molecule has 0 spiro atoms. The molecule has 8 nitrogen and oxygen atoms in total. The van der Waals surface area contributed by atoms with Crippen molar-refractivity contribution in [2.75, 3.05) is 5.32 Å². The molecule has 0 aliphatic heterocycles. The number of hydrogen-bond donors (Lipinski definition) is 2. The number of alkyl halides is 6. The highest BCUT2D eigenvalue weighted by atomic mass is 19.4. The lowest BCUT2D eigenvalue weighted by Gasteiger charge is -2.14. The summed E-state index contributed by atoms with van der Waals surface area (Å²) in [7, 11) is 0. The number of aromatic nitrogens is 4. The monoisotopic (exact) mass is 483 g/mol. The molecule has 176 valence electrons. The van der Waals surface area contributed by atoms with Crippen LogP contribution in [0.4, 0.5) is 32.0 Å². The lowest BCUT2D eigenvalue weighted by atomic mass is 10.1. The van der Waals surface area contributed by atoms with Crippen LogP contribution in [-0.4, -0.2) is 32.0 Å². The third kappa shape index (κ3) is 4.55. The summed E-state index contributed by atoms with van der Waals surface area (Å²) in [6, 6.07) is 7.13. The molecular formula is C20H11F6N5O3. The second kappa shape index (κ2) is 8.20. The average molecular weight is 483 g/mol. The van der Waals surface area contributed by atoms with E-state index < -0.39 is 41.1 Å². The minimum atomic E-state index is -5.24. The van der Waals surface area contributed by atoms with Crippen LogP contribution in [0.5, 0.6) is 5.88 Å². The molecule has 0 saturated carbocycles. The predicted molar refractivity (Wildman–Crippen MR) is 106 cm³/mol. The predicted octanol–water partition coefficient (Wildman–Crippen LogP) is 4.28. The van der Waals surface area contributed by atoms with Crippen molar-refractivity contribution in [2.24, 2.45) is 0 Å². The van der Waals surface area contributed by atoms with Crippen LogP contribution in [0.3, 0.4) is 0 Å². The van der Waals surface area contributed by atoms with Gasteiger partial charge in [0.1, 0.15) is 11.3 Å². The maximum Gasteiger partial charge on any atom is 0.574 e. The standard InChI is InChI=1S/C20H11F6N5O3/c21-19(22,23)15-8-10(4-6-27-15)30-17(33)13-9-29-31(18(13)34-20(24,25)26)14-3-1-2-12-11(14)5-7-28-16(12)32/h1-9H,(H,28,32)(H,27,30,33). The number of rotatable bonds is 4. The van der Waals surface area contributed by atoms with Gasteiger partial charge in [-0.3, -0.25) is 14.6 Å². The van der Waals surface area contributed by atoms with Gasteiger partial charge in [0, 0.05) is 28.9 Å². The van der Waals surface area contributed by atoms with Crippen molar-refractivity contribution in [3.05, 3.63) is 76.6 Å². The van der Waals surface area contributed by atoms with E-state index in [0.717, 1.165) is 18.5 Å². The number of benzene rings is 1. The van der Waals surface area contributed by atoms with Gasteiger partial charge in [-0.25, -0.2) is 0 Å². The van der Waals surface area contributed by atoms with E-state index in [9.17, 15) is 35.9 Å². The minimum Gasteiger partial charge on any atom is -0.387 e. The van der Waals surface area contributed by atoms with Gasteiger partial charge in [0.05, 0.1) is 11.9 Å². The molecule has 3 heterocycles. The molecule has 2 N–H and O–H groups in total. The second-order valence-corrected chi connectivity index (χ2v) is 6.75. The third-order valence-electron chi connectivity index (χ3n) is 4.51. The zero-order valence-electron chi connectivity index (χ0n) is 16.5. The Balaban J connectivity index is 1.79. The summed E-state index contributed by atoms with van der Waals surface area (Å²) in [5, 5.41) is 6.21. The molecule has 4 aromatic rings. The first-order valence-corrected chi connectivity index (χ1v) is 9.23. The van der Waals surface area contributed by atoms with Crippen LogP contribution in [0.2, 0.25) is 0 Å². The number of nitrogens with one attached hydrogen (secondary N) is 2. The topological polar surface area (TPSA) is 102 Å². The summed E-state index contributed by atoms with van der Waals surface area (Å²) >= 11 is 0. The van der Waals surface area contributed by atoms with Gasteiger partial charge in [-0.15, -0.1) is 13.2 Å². The quantitative estimate of drug-likeness (QED) is 0.422. The molecule has 0 fully saturated rings. The summed E-state index contributed by atoms with van der Waals surface area (Å²) in [4.78, 5) is 30.3. The van der Waals surface area contributed by atoms with E-state index >= 15 is 0 Å². The molecule has 4 rings (SSSR count). The van der Waals surface area contributed by atoms with Gasteiger partial charge < -0.3 is 15.0 Å². The number of amides is 1. The normalized spacial score (nSPS) is 12.1. The largest absolute Gasteiger partial charge is 0.574 e. The van der Waals surface area contributed by atoms with Crippen molar-refractivity contribution in [3.63, 3.8) is 0 Å². The fourth-order valence-electron chi connectivity index (χ4n) is 3.12. The van der Waals surface area contributed by atoms with Crippen LogP contribution in [0.25, 0.3) is 16.5 Å².